The van der Waals surface area contributed by atoms with Crippen LogP contribution >= 0.6 is 11.8 Å². The number of thioether (sulfide) groups is 1. The lowest BCUT2D eigenvalue weighted by atomic mass is 10.0. The van der Waals surface area contributed by atoms with E-state index in [-0.39, 0.29) is 33.9 Å². The van der Waals surface area contributed by atoms with Gasteiger partial charge in [0.05, 0.1) is 17.0 Å². The number of aromatic nitrogens is 1. The minimum absolute atomic E-state index is 0.0267. The average Bonchev–Trinajstić information content (AvgIpc) is 2.89. The van der Waals surface area contributed by atoms with Crippen molar-refractivity contribution in [3.8, 4) is 0 Å². The summed E-state index contributed by atoms with van der Waals surface area (Å²) in [5.74, 6) is 0.0565. The molecule has 0 fully saturated rings. The van der Waals surface area contributed by atoms with E-state index in [0.29, 0.717) is 17.7 Å². The number of ketones is 1. The third kappa shape index (κ3) is 6.56. The summed E-state index contributed by atoms with van der Waals surface area (Å²) in [4.78, 5) is 28.8. The van der Waals surface area contributed by atoms with Gasteiger partial charge in [-0.3, -0.25) is 13.8 Å². The maximum absolute atomic E-state index is 12.5. The van der Waals surface area contributed by atoms with E-state index in [4.69, 9.17) is 9.47 Å². The van der Waals surface area contributed by atoms with Gasteiger partial charge in [-0.2, -0.15) is 0 Å². The number of hydrogen-bond acceptors (Lipinski definition) is 8. The largest absolute Gasteiger partial charge is 0.755 e. The summed E-state index contributed by atoms with van der Waals surface area (Å²) >= 11 is -1.86. The molecule has 2 aromatic rings. The number of nitrogens with zero attached hydrogens (tertiary/aromatic N) is 2. The van der Waals surface area contributed by atoms with Crippen molar-refractivity contribution >= 4 is 39.7 Å². The molecule has 180 valence electrons. The quantitative estimate of drug-likeness (QED) is 0.351. The van der Waals surface area contributed by atoms with Crippen LogP contribution < -0.4 is 4.31 Å². The lowest BCUT2D eigenvalue weighted by Gasteiger charge is -2.29. The Balaban J connectivity index is 1.39. The second-order valence-corrected chi connectivity index (χ2v) is 9.28. The van der Waals surface area contributed by atoms with Crippen molar-refractivity contribution in [2.24, 2.45) is 0 Å². The highest BCUT2D eigenvalue weighted by Crippen LogP contribution is 2.28. The molecule has 1 unspecified atom stereocenters. The summed E-state index contributed by atoms with van der Waals surface area (Å²) in [6.45, 7) is 0. The fraction of sp³-hybridized carbons (Fsp3) is 0.160. The Morgan fingerprint density at radius 2 is 1.94 bits per heavy atom. The van der Waals surface area contributed by atoms with E-state index < -0.39 is 11.3 Å². The first-order valence-corrected chi connectivity index (χ1v) is 12.7. The van der Waals surface area contributed by atoms with Crippen molar-refractivity contribution in [3.63, 3.8) is 0 Å². The normalized spacial score (nSPS) is 15.6. The number of carbonyl (C=O) groups excluding carboxylic acids is 2. The van der Waals surface area contributed by atoms with Gasteiger partial charge in [0.25, 0.3) is 0 Å². The van der Waals surface area contributed by atoms with Crippen LogP contribution in [0.25, 0.3) is 0 Å². The van der Waals surface area contributed by atoms with Gasteiger partial charge < -0.3 is 14.0 Å². The zero-order valence-corrected chi connectivity index (χ0v) is 20.1. The molecule has 0 saturated carbocycles. The molecule has 0 amide bonds. The van der Waals surface area contributed by atoms with Crippen LogP contribution in [-0.4, -0.2) is 30.4 Å². The van der Waals surface area contributed by atoms with Crippen LogP contribution in [0.2, 0.25) is 0 Å². The lowest BCUT2D eigenvalue weighted by Crippen LogP contribution is -2.28. The molecule has 1 aromatic heterocycles. The molecule has 2 heterocycles. The molecule has 0 saturated heterocycles. The van der Waals surface area contributed by atoms with Gasteiger partial charge in [0.15, 0.2) is 12.0 Å². The zero-order valence-electron chi connectivity index (χ0n) is 18.5. The lowest BCUT2D eigenvalue weighted by molar-refractivity contribution is 0.101. The molecule has 0 radical (unpaired) electrons. The summed E-state index contributed by atoms with van der Waals surface area (Å²) in [6.07, 6.45) is 12.2. The van der Waals surface area contributed by atoms with Gasteiger partial charge in [0, 0.05) is 23.7 Å². The van der Waals surface area contributed by atoms with Crippen molar-refractivity contribution in [2.45, 2.75) is 19.3 Å². The van der Waals surface area contributed by atoms with Crippen LogP contribution in [-0.2, 0) is 20.7 Å². The smallest absolute Gasteiger partial charge is 0.248 e. The predicted octanol–water partition coefficient (Wildman–Crippen LogP) is 4.79. The molecule has 1 atom stereocenters. The molecule has 0 N–H and O–H groups in total. The Bertz CT molecular complexity index is 1240. The first-order chi connectivity index (χ1) is 17.0. The van der Waals surface area contributed by atoms with Crippen molar-refractivity contribution in [1.29, 1.82) is 0 Å². The number of allylic oxidation sites excluding steroid dienone is 4. The Hall–Kier alpha value is -3.47. The Labute approximate surface area is 209 Å². The third-order valence-corrected chi connectivity index (χ3v) is 6.65. The molecule has 2 aliphatic rings. The van der Waals surface area contributed by atoms with Crippen LogP contribution in [0, 0.1) is 0 Å². The molecule has 8 nitrogen and oxygen atoms in total. The summed E-state index contributed by atoms with van der Waals surface area (Å²) in [7, 11) is 0. The summed E-state index contributed by atoms with van der Waals surface area (Å²) < 4.78 is 35.9. The number of carbonyl (C=O) groups is 2. The molecule has 0 bridgehead atoms. The van der Waals surface area contributed by atoms with E-state index in [2.05, 4.69) is 11.1 Å². The number of ether oxygens (including phenoxy) is 2. The fourth-order valence-electron chi connectivity index (χ4n) is 3.35. The SMILES string of the molecule is O=C(CSC(=O)c1ccccc1)c1ccc(N(C2=COC=C(CC3=CC=CCC3)O2)S(=O)[O-])nc1. The van der Waals surface area contributed by atoms with Crippen LogP contribution in [0.5, 0.6) is 0 Å². The Morgan fingerprint density at radius 3 is 2.63 bits per heavy atom. The molecular weight excluding hydrogens is 488 g/mol. The number of anilines is 1. The highest BCUT2D eigenvalue weighted by Gasteiger charge is 2.22. The average molecular weight is 510 g/mol. The highest BCUT2D eigenvalue weighted by molar-refractivity contribution is 8.14. The number of pyridine rings is 1. The van der Waals surface area contributed by atoms with Gasteiger partial charge in [-0.1, -0.05) is 65.9 Å². The van der Waals surface area contributed by atoms with Gasteiger partial charge in [0.1, 0.15) is 17.8 Å². The maximum Gasteiger partial charge on any atom is 0.248 e. The topological polar surface area (TPSA) is 109 Å². The second kappa shape index (κ2) is 11.8. The standard InChI is InChI=1S/C25H22N2O6S2/c28-22(17-34-25(29)19-9-5-2-6-10-19)20-11-12-23(26-14-20)27(35(30)31)24-16-32-15-21(33-24)13-18-7-3-1-4-8-18/h1-3,5-7,9-12,14-16H,4,8,13,17H2,(H,30,31)/p-1. The van der Waals surface area contributed by atoms with Gasteiger partial charge >= 0.3 is 0 Å². The monoisotopic (exact) mass is 509 g/mol. The van der Waals surface area contributed by atoms with E-state index in [1.54, 1.807) is 24.3 Å². The molecule has 1 aliphatic heterocycles. The molecule has 4 rings (SSSR count). The van der Waals surface area contributed by atoms with Crippen molar-refractivity contribution < 1.29 is 27.8 Å². The molecule has 10 heteroatoms. The van der Waals surface area contributed by atoms with Crippen molar-refractivity contribution in [1.82, 2.24) is 4.98 Å². The molecule has 1 aliphatic carbocycles. The van der Waals surface area contributed by atoms with Gasteiger partial charge in [-0.25, -0.2) is 9.29 Å². The summed E-state index contributed by atoms with van der Waals surface area (Å²) in [5, 5.41) is -0.207. The number of hydrogen-bond donors (Lipinski definition) is 0. The van der Waals surface area contributed by atoms with E-state index in [1.807, 2.05) is 18.2 Å². The van der Waals surface area contributed by atoms with Gasteiger partial charge in [-0.15, -0.1) is 0 Å². The first-order valence-electron chi connectivity index (χ1n) is 10.7. The summed E-state index contributed by atoms with van der Waals surface area (Å²) in [6, 6.07) is 11.5. The van der Waals surface area contributed by atoms with E-state index in [1.165, 1.54) is 30.9 Å². The zero-order chi connectivity index (χ0) is 24.6. The van der Waals surface area contributed by atoms with E-state index >= 15 is 0 Å². The van der Waals surface area contributed by atoms with E-state index in [0.717, 1.165) is 34.5 Å². The summed E-state index contributed by atoms with van der Waals surface area (Å²) in [5.41, 5.74) is 1.91. The van der Waals surface area contributed by atoms with Gasteiger partial charge in [0.2, 0.25) is 11.0 Å². The van der Waals surface area contributed by atoms with Gasteiger partial charge in [-0.05, 0) is 25.0 Å². The van der Waals surface area contributed by atoms with E-state index in [9.17, 15) is 18.4 Å². The van der Waals surface area contributed by atoms with Crippen LogP contribution in [0.15, 0.2) is 96.6 Å². The highest BCUT2D eigenvalue weighted by atomic mass is 32.2. The van der Waals surface area contributed by atoms with Crippen LogP contribution in [0.1, 0.15) is 40.0 Å². The van der Waals surface area contributed by atoms with Crippen molar-refractivity contribution in [3.05, 3.63) is 108 Å². The number of rotatable bonds is 9. The minimum atomic E-state index is -2.76. The predicted molar refractivity (Wildman–Crippen MR) is 133 cm³/mol. The van der Waals surface area contributed by atoms with Crippen LogP contribution in [0.4, 0.5) is 5.82 Å². The van der Waals surface area contributed by atoms with Crippen molar-refractivity contribution in [2.75, 3.05) is 10.1 Å². The number of benzene rings is 1. The number of Topliss-reactive ketones (excluding diaryl/α,β-unsaturated/α-hetero) is 1. The molecular formula is C25H21N2O6S2-. The Morgan fingerprint density at radius 1 is 1.11 bits per heavy atom. The molecule has 35 heavy (non-hydrogen) atoms. The fourth-order valence-corrected chi connectivity index (χ4v) is 4.57. The third-order valence-electron chi connectivity index (χ3n) is 5.08. The Kier molecular flexibility index (Phi) is 8.30. The maximum atomic E-state index is 12.5. The molecule has 1 aromatic carbocycles. The first kappa shape index (κ1) is 24.6. The molecule has 0 spiro atoms. The van der Waals surface area contributed by atoms with Crippen LogP contribution in [0.3, 0.4) is 0 Å². The second-order valence-electron chi connectivity index (χ2n) is 7.53. The minimum Gasteiger partial charge on any atom is -0.755 e.